The largest absolute Gasteiger partial charge is 0.367 e. The minimum absolute atomic E-state index is 0.00780. The van der Waals surface area contributed by atoms with Crippen molar-refractivity contribution in [1.82, 2.24) is 15.1 Å². The molecule has 38 heavy (non-hydrogen) atoms. The van der Waals surface area contributed by atoms with E-state index in [1.54, 1.807) is 0 Å². The summed E-state index contributed by atoms with van der Waals surface area (Å²) in [5, 5.41) is 6.80. The van der Waals surface area contributed by atoms with Crippen molar-refractivity contribution in [2.75, 3.05) is 32.8 Å². The monoisotopic (exact) mass is 522 g/mol. The topological polar surface area (TPSA) is 128 Å². The SMILES string of the molecule is CCCN1CCC(c2ccc(C(=O)N[C@H](C(=O)N3C[C@H](N=[N+]=[N-])[C@H]4OCC(=O)[C@H]43)C3CCCC3)cc2)CC1. The molecule has 0 spiro atoms. The van der Waals surface area contributed by atoms with Crippen LogP contribution in [0.4, 0.5) is 0 Å². The maximum absolute atomic E-state index is 13.8. The summed E-state index contributed by atoms with van der Waals surface area (Å²) < 4.78 is 5.57. The molecular weight excluding hydrogens is 484 g/mol. The second kappa shape index (κ2) is 11.8. The van der Waals surface area contributed by atoms with Crippen molar-refractivity contribution in [3.05, 3.63) is 45.8 Å². The van der Waals surface area contributed by atoms with Gasteiger partial charge < -0.3 is 19.9 Å². The van der Waals surface area contributed by atoms with E-state index in [0.717, 1.165) is 58.2 Å². The Balaban J connectivity index is 1.28. The first-order chi connectivity index (χ1) is 18.5. The van der Waals surface area contributed by atoms with Crippen LogP contribution >= 0.6 is 0 Å². The molecule has 4 aliphatic rings. The number of hydrogen-bond acceptors (Lipinski definition) is 6. The second-order valence-corrected chi connectivity index (χ2v) is 11.2. The van der Waals surface area contributed by atoms with Crippen LogP contribution in [0.5, 0.6) is 0 Å². The Morgan fingerprint density at radius 1 is 1.16 bits per heavy atom. The molecule has 0 bridgehead atoms. The fourth-order valence-electron chi connectivity index (χ4n) is 6.81. The Bertz CT molecular complexity index is 1070. The maximum atomic E-state index is 13.8. The van der Waals surface area contributed by atoms with E-state index < -0.39 is 24.2 Å². The highest BCUT2D eigenvalue weighted by molar-refractivity contribution is 5.99. The highest BCUT2D eigenvalue weighted by atomic mass is 16.5. The Morgan fingerprint density at radius 2 is 1.87 bits per heavy atom. The summed E-state index contributed by atoms with van der Waals surface area (Å²) in [6.07, 6.45) is 6.51. The minimum Gasteiger partial charge on any atom is -0.367 e. The lowest BCUT2D eigenvalue weighted by molar-refractivity contribution is -0.139. The number of azide groups is 1. The zero-order valence-electron chi connectivity index (χ0n) is 22.1. The van der Waals surface area contributed by atoms with Crippen molar-refractivity contribution in [3.63, 3.8) is 0 Å². The summed E-state index contributed by atoms with van der Waals surface area (Å²) in [7, 11) is 0. The molecule has 1 saturated carbocycles. The van der Waals surface area contributed by atoms with Crippen LogP contribution in [0.2, 0.25) is 0 Å². The molecular formula is C28H38N6O4. The highest BCUT2D eigenvalue weighted by Crippen LogP contribution is 2.34. The predicted molar refractivity (Wildman–Crippen MR) is 142 cm³/mol. The van der Waals surface area contributed by atoms with Crippen LogP contribution in [0.15, 0.2) is 29.4 Å². The van der Waals surface area contributed by atoms with Crippen LogP contribution in [0.3, 0.4) is 0 Å². The van der Waals surface area contributed by atoms with Crippen molar-refractivity contribution in [2.45, 2.75) is 82.0 Å². The lowest BCUT2D eigenvalue weighted by Gasteiger charge is -2.32. The molecule has 0 radical (unpaired) electrons. The smallest absolute Gasteiger partial charge is 0.251 e. The van der Waals surface area contributed by atoms with Gasteiger partial charge in [-0.3, -0.25) is 14.4 Å². The first-order valence-corrected chi connectivity index (χ1v) is 14.1. The number of amides is 2. The number of carbonyl (C=O) groups is 3. The third kappa shape index (κ3) is 5.44. The third-order valence-electron chi connectivity index (χ3n) is 8.84. The van der Waals surface area contributed by atoms with Gasteiger partial charge in [-0.15, -0.1) is 0 Å². The summed E-state index contributed by atoms with van der Waals surface area (Å²) in [4.78, 5) is 46.6. The molecule has 204 valence electrons. The van der Waals surface area contributed by atoms with Crippen LogP contribution in [0.25, 0.3) is 10.4 Å². The van der Waals surface area contributed by atoms with E-state index >= 15 is 0 Å². The van der Waals surface area contributed by atoms with Crippen LogP contribution in [0.1, 0.15) is 73.7 Å². The molecule has 3 aliphatic heterocycles. The van der Waals surface area contributed by atoms with Gasteiger partial charge in [0.1, 0.15) is 18.7 Å². The fraction of sp³-hybridized carbons (Fsp3) is 0.679. The van der Waals surface area contributed by atoms with Gasteiger partial charge in [-0.2, -0.15) is 0 Å². The van der Waals surface area contributed by atoms with Gasteiger partial charge in [0, 0.05) is 17.0 Å². The van der Waals surface area contributed by atoms with E-state index in [2.05, 4.69) is 27.2 Å². The third-order valence-corrected chi connectivity index (χ3v) is 8.84. The number of fused-ring (bicyclic) bond motifs is 1. The van der Waals surface area contributed by atoms with Gasteiger partial charge in [0.25, 0.3) is 5.91 Å². The van der Waals surface area contributed by atoms with Crippen LogP contribution in [-0.2, 0) is 14.3 Å². The molecule has 5 rings (SSSR count). The Labute approximate surface area is 223 Å². The zero-order chi connectivity index (χ0) is 26.6. The molecule has 1 aromatic rings. The number of hydrogen-bond donors (Lipinski definition) is 1. The van der Waals surface area contributed by atoms with E-state index in [1.165, 1.54) is 16.9 Å². The molecule has 1 aliphatic carbocycles. The van der Waals surface area contributed by atoms with Crippen LogP contribution in [-0.4, -0.2) is 84.4 Å². The van der Waals surface area contributed by atoms with Crippen molar-refractivity contribution in [2.24, 2.45) is 11.0 Å². The Hall–Kier alpha value is -2.94. The number of piperidine rings is 1. The lowest BCUT2D eigenvalue weighted by atomic mass is 9.89. The first-order valence-electron chi connectivity index (χ1n) is 14.1. The fourth-order valence-corrected chi connectivity index (χ4v) is 6.81. The standard InChI is InChI=1S/C28H38N6O4/c1-2-13-33-14-11-19(12-15-33)18-7-9-21(10-8-18)27(36)30-24(20-5-3-4-6-20)28(37)34-16-22(31-32-29)26-25(34)23(35)17-38-26/h7-10,19-20,22,24-26H,2-6,11-17H2,1H3,(H,30,36)/t22-,24-,25+,26+/m0/s1. The van der Waals surface area contributed by atoms with Gasteiger partial charge in [0.15, 0.2) is 5.78 Å². The van der Waals surface area contributed by atoms with Crippen molar-refractivity contribution < 1.29 is 19.1 Å². The number of benzene rings is 1. The van der Waals surface area contributed by atoms with E-state index in [0.29, 0.717) is 11.5 Å². The number of likely N-dealkylation sites (tertiary alicyclic amines) is 2. The van der Waals surface area contributed by atoms with Gasteiger partial charge in [0.2, 0.25) is 5.91 Å². The van der Waals surface area contributed by atoms with E-state index in [-0.39, 0.29) is 36.7 Å². The Kier molecular flexibility index (Phi) is 8.31. The molecule has 10 heteroatoms. The highest BCUT2D eigenvalue weighted by Gasteiger charge is 2.53. The molecule has 4 atom stereocenters. The van der Waals surface area contributed by atoms with Crippen molar-refractivity contribution in [1.29, 1.82) is 0 Å². The summed E-state index contributed by atoms with van der Waals surface area (Å²) in [5.41, 5.74) is 10.7. The molecule has 1 aromatic carbocycles. The van der Waals surface area contributed by atoms with Gasteiger partial charge in [-0.25, -0.2) is 0 Å². The first kappa shape index (κ1) is 26.7. The molecule has 1 N–H and O–H groups in total. The number of ketones is 1. The predicted octanol–water partition coefficient (Wildman–Crippen LogP) is 3.42. The van der Waals surface area contributed by atoms with E-state index in [4.69, 9.17) is 10.3 Å². The maximum Gasteiger partial charge on any atom is 0.251 e. The number of carbonyl (C=O) groups excluding carboxylic acids is 3. The van der Waals surface area contributed by atoms with Crippen LogP contribution < -0.4 is 5.32 Å². The molecule has 10 nitrogen and oxygen atoms in total. The van der Waals surface area contributed by atoms with E-state index in [9.17, 15) is 14.4 Å². The van der Waals surface area contributed by atoms with Gasteiger partial charge >= 0.3 is 0 Å². The molecule has 3 saturated heterocycles. The average Bonchev–Trinajstić information content (AvgIpc) is 3.68. The molecule has 3 heterocycles. The zero-order valence-corrected chi connectivity index (χ0v) is 22.1. The van der Waals surface area contributed by atoms with Crippen LogP contribution in [0, 0.1) is 5.92 Å². The van der Waals surface area contributed by atoms with Gasteiger partial charge in [-0.05, 0) is 86.8 Å². The van der Waals surface area contributed by atoms with Gasteiger partial charge in [0.05, 0.1) is 12.1 Å². The van der Waals surface area contributed by atoms with Gasteiger partial charge in [-0.1, -0.05) is 37.0 Å². The normalized spacial score (nSPS) is 27.2. The molecule has 4 fully saturated rings. The van der Waals surface area contributed by atoms with Crippen molar-refractivity contribution in [3.8, 4) is 0 Å². The number of nitrogens with one attached hydrogen (secondary N) is 1. The quantitative estimate of drug-likeness (QED) is 0.318. The summed E-state index contributed by atoms with van der Waals surface area (Å²) in [6, 6.07) is 5.71. The number of nitrogens with zero attached hydrogens (tertiary/aromatic N) is 5. The summed E-state index contributed by atoms with van der Waals surface area (Å²) in [6.45, 7) is 5.61. The number of Topliss-reactive ketones (excluding diaryl/α,β-unsaturated/α-hetero) is 1. The number of rotatable bonds is 8. The minimum atomic E-state index is -0.762. The molecule has 2 amide bonds. The summed E-state index contributed by atoms with van der Waals surface area (Å²) >= 11 is 0. The lowest BCUT2D eigenvalue weighted by Crippen LogP contribution is -2.54. The average molecular weight is 523 g/mol. The van der Waals surface area contributed by atoms with Crippen molar-refractivity contribution >= 4 is 17.6 Å². The number of ether oxygens (including phenoxy) is 1. The summed E-state index contributed by atoms with van der Waals surface area (Å²) in [5.74, 6) is -0.243. The Morgan fingerprint density at radius 3 is 2.53 bits per heavy atom. The van der Waals surface area contributed by atoms with E-state index in [1.807, 2.05) is 24.3 Å². The molecule has 0 unspecified atom stereocenters. The second-order valence-electron chi connectivity index (χ2n) is 11.2. The molecule has 0 aromatic heterocycles.